The smallest absolute Gasteiger partial charge is 0.0585 e. The molecule has 1 nitrogen and oxygen atoms in total. The Morgan fingerprint density at radius 2 is 1.17 bits per heavy atom. The van der Waals surface area contributed by atoms with Crippen LogP contribution < -0.4 is 0 Å². The summed E-state index contributed by atoms with van der Waals surface area (Å²) in [6.07, 6.45) is 38.0. The third kappa shape index (κ3) is 16.6. The molecule has 0 amide bonds. The molecule has 0 aromatic rings. The van der Waals surface area contributed by atoms with E-state index in [0.717, 1.165) is 25.7 Å². The number of aliphatic hydroxyl groups excluding tert-OH is 1. The van der Waals surface area contributed by atoms with Crippen LogP contribution in [-0.2, 0) is 0 Å². The van der Waals surface area contributed by atoms with E-state index in [9.17, 15) is 5.11 Å². The zero-order valence-electron chi connectivity index (χ0n) is 27.6. The first-order valence-electron chi connectivity index (χ1n) is 15.1. The number of hydrogen-bond acceptors (Lipinski definition) is 1. The third-order valence-electron chi connectivity index (χ3n) is 7.09. The molecule has 1 aliphatic carbocycles. The first kappa shape index (κ1) is 35.9. The quantitative estimate of drug-likeness (QED) is 0.178. The highest BCUT2D eigenvalue weighted by Crippen LogP contribution is 2.41. The number of aliphatic hydroxyl groups is 1. The van der Waals surface area contributed by atoms with Crippen LogP contribution in [0, 0.1) is 5.41 Å². The summed E-state index contributed by atoms with van der Waals surface area (Å²) in [7, 11) is 0. The van der Waals surface area contributed by atoms with Gasteiger partial charge in [-0.2, -0.15) is 0 Å². The van der Waals surface area contributed by atoms with Crippen LogP contribution >= 0.6 is 0 Å². The van der Waals surface area contributed by atoms with E-state index in [2.05, 4.69) is 166 Å². The van der Waals surface area contributed by atoms with Crippen molar-refractivity contribution in [2.75, 3.05) is 0 Å². The van der Waals surface area contributed by atoms with Crippen LogP contribution in [0.15, 0.2) is 142 Å². The molecule has 0 spiro atoms. The Hall–Kier alpha value is -3.16. The van der Waals surface area contributed by atoms with Gasteiger partial charge >= 0.3 is 0 Å². The van der Waals surface area contributed by atoms with Crippen molar-refractivity contribution in [1.29, 1.82) is 0 Å². The number of hydrogen-bond donors (Lipinski definition) is 1. The van der Waals surface area contributed by atoms with Crippen molar-refractivity contribution in [3.05, 3.63) is 142 Å². The summed E-state index contributed by atoms with van der Waals surface area (Å²) in [5.74, 6) is 0. The van der Waals surface area contributed by atoms with Gasteiger partial charge in [0.2, 0.25) is 0 Å². The fourth-order valence-corrected chi connectivity index (χ4v) is 4.77. The molecule has 0 heterocycles. The van der Waals surface area contributed by atoms with Crippen molar-refractivity contribution in [2.24, 2.45) is 5.41 Å². The van der Waals surface area contributed by atoms with E-state index in [1.165, 1.54) is 44.6 Å². The summed E-state index contributed by atoms with van der Waals surface area (Å²) < 4.78 is 0. The van der Waals surface area contributed by atoms with E-state index in [1.807, 2.05) is 0 Å². The molecule has 0 radical (unpaired) electrons. The first-order valence-corrected chi connectivity index (χ1v) is 15.1. The lowest BCUT2D eigenvalue weighted by molar-refractivity contribution is 0.116. The maximum absolute atomic E-state index is 10.1. The highest BCUT2D eigenvalue weighted by Gasteiger charge is 2.31. The van der Waals surface area contributed by atoms with E-state index >= 15 is 0 Å². The van der Waals surface area contributed by atoms with E-state index in [4.69, 9.17) is 0 Å². The van der Waals surface area contributed by atoms with E-state index < -0.39 is 0 Å². The van der Waals surface area contributed by atoms with E-state index in [-0.39, 0.29) is 11.5 Å². The molecule has 0 aromatic carbocycles. The molecule has 222 valence electrons. The van der Waals surface area contributed by atoms with Gasteiger partial charge in [-0.15, -0.1) is 0 Å². The van der Waals surface area contributed by atoms with Crippen molar-refractivity contribution in [1.82, 2.24) is 0 Å². The van der Waals surface area contributed by atoms with Gasteiger partial charge in [-0.25, -0.2) is 0 Å². The van der Waals surface area contributed by atoms with E-state index in [1.54, 1.807) is 0 Å². The molecular weight excluding hydrogens is 496 g/mol. The van der Waals surface area contributed by atoms with Gasteiger partial charge < -0.3 is 5.11 Å². The predicted molar refractivity (Wildman–Crippen MR) is 185 cm³/mol. The Kier molecular flexibility index (Phi) is 16.7. The summed E-state index contributed by atoms with van der Waals surface area (Å²) in [5, 5.41) is 10.1. The summed E-state index contributed by atoms with van der Waals surface area (Å²) >= 11 is 0. The lowest BCUT2D eigenvalue weighted by atomic mass is 9.71. The molecule has 1 rings (SSSR count). The summed E-state index contributed by atoms with van der Waals surface area (Å²) in [5.41, 5.74) is 10.3. The fraction of sp³-hybridized carbons (Fsp3) is 0.400. The van der Waals surface area contributed by atoms with Crippen LogP contribution in [0.1, 0.15) is 94.9 Å². The molecule has 0 bridgehead atoms. The maximum atomic E-state index is 10.1. The Morgan fingerprint density at radius 3 is 1.66 bits per heavy atom. The summed E-state index contributed by atoms with van der Waals surface area (Å²) in [4.78, 5) is 0. The summed E-state index contributed by atoms with van der Waals surface area (Å²) in [6, 6.07) is 0. The first-order chi connectivity index (χ1) is 19.3. The number of rotatable bonds is 13. The van der Waals surface area contributed by atoms with Crippen LogP contribution in [0.25, 0.3) is 0 Å². The SMILES string of the molecule is CC(C)=CCC/C(C)=C/C=C/C(C)=C/C=C/C(C)=C/C=C/C=C(C)\C=C\C=C(C)\C=C\C1=C(C)C[C@@H](O)CC1(C)C. The van der Waals surface area contributed by atoms with Crippen LogP contribution in [0.3, 0.4) is 0 Å². The van der Waals surface area contributed by atoms with Gasteiger partial charge in [0.15, 0.2) is 0 Å². The van der Waals surface area contributed by atoms with Gasteiger partial charge in [0.05, 0.1) is 6.10 Å². The largest absolute Gasteiger partial charge is 0.393 e. The topological polar surface area (TPSA) is 20.2 Å². The van der Waals surface area contributed by atoms with Crippen molar-refractivity contribution in [3.8, 4) is 0 Å². The second-order valence-electron chi connectivity index (χ2n) is 12.4. The zero-order chi connectivity index (χ0) is 30.8. The molecule has 0 saturated heterocycles. The maximum Gasteiger partial charge on any atom is 0.0585 e. The zero-order valence-corrected chi connectivity index (χ0v) is 27.6. The molecule has 0 saturated carbocycles. The number of allylic oxidation sites excluding steroid dienone is 23. The highest BCUT2D eigenvalue weighted by atomic mass is 16.3. The average molecular weight is 553 g/mol. The molecular formula is C40H56O. The molecule has 0 aliphatic heterocycles. The second-order valence-corrected chi connectivity index (χ2v) is 12.4. The van der Waals surface area contributed by atoms with Crippen molar-refractivity contribution >= 4 is 0 Å². The minimum Gasteiger partial charge on any atom is -0.393 e. The van der Waals surface area contributed by atoms with Crippen molar-refractivity contribution in [3.63, 3.8) is 0 Å². The molecule has 1 aliphatic rings. The summed E-state index contributed by atoms with van der Waals surface area (Å²) in [6.45, 7) is 21.6. The Labute approximate surface area is 252 Å². The van der Waals surface area contributed by atoms with Gasteiger partial charge in [0.25, 0.3) is 0 Å². The van der Waals surface area contributed by atoms with Crippen molar-refractivity contribution < 1.29 is 5.11 Å². The second kappa shape index (κ2) is 19.1. The molecule has 41 heavy (non-hydrogen) atoms. The normalized spacial score (nSPS) is 20.2. The fourth-order valence-electron chi connectivity index (χ4n) is 4.77. The minimum atomic E-state index is -0.222. The highest BCUT2D eigenvalue weighted by molar-refractivity contribution is 5.38. The molecule has 0 unspecified atom stereocenters. The molecule has 1 atom stereocenters. The Morgan fingerprint density at radius 1 is 0.707 bits per heavy atom. The molecule has 1 heteroatoms. The van der Waals surface area contributed by atoms with Gasteiger partial charge in [-0.3, -0.25) is 0 Å². The molecule has 0 aromatic heterocycles. The molecule has 1 N–H and O–H groups in total. The van der Waals surface area contributed by atoms with Crippen LogP contribution in [0.4, 0.5) is 0 Å². The molecule has 0 fully saturated rings. The van der Waals surface area contributed by atoms with Gasteiger partial charge in [0.1, 0.15) is 0 Å². The standard InChI is InChI=1S/C40H56O/c1-31(2)17-13-20-34(5)23-15-25-35(6)24-14-21-32(3)18-11-12-19-33(4)22-16-26-36(7)27-28-39-37(8)29-38(41)30-40(39,9)10/h11-12,14-19,21-28,38,41H,13,20,29-30H2,1-10H3/b12-11+,21-14+,22-16+,25-15+,28-27+,32-18+,33-19-,34-23+,35-24+,36-26+/t38-/m1/s1. The lowest BCUT2D eigenvalue weighted by Gasteiger charge is -2.35. The van der Waals surface area contributed by atoms with Crippen LogP contribution in [0.2, 0.25) is 0 Å². The van der Waals surface area contributed by atoms with Crippen LogP contribution in [-0.4, -0.2) is 11.2 Å². The van der Waals surface area contributed by atoms with E-state index in [0.29, 0.717) is 0 Å². The third-order valence-corrected chi connectivity index (χ3v) is 7.09. The van der Waals surface area contributed by atoms with Crippen LogP contribution in [0.5, 0.6) is 0 Å². The minimum absolute atomic E-state index is 0.0115. The van der Waals surface area contributed by atoms with Crippen molar-refractivity contribution in [2.45, 2.75) is 101 Å². The Bertz CT molecular complexity index is 1220. The predicted octanol–water partition coefficient (Wildman–Crippen LogP) is 11.7. The Balaban J connectivity index is 2.60. The van der Waals surface area contributed by atoms with Gasteiger partial charge in [0, 0.05) is 0 Å². The lowest BCUT2D eigenvalue weighted by Crippen LogP contribution is -2.28. The average Bonchev–Trinajstić information content (AvgIpc) is 2.85. The monoisotopic (exact) mass is 552 g/mol. The van der Waals surface area contributed by atoms with Gasteiger partial charge in [-0.05, 0) is 92.1 Å². The van der Waals surface area contributed by atoms with Gasteiger partial charge in [-0.1, -0.05) is 150 Å².